The first-order chi connectivity index (χ1) is 9.66. The van der Waals surface area contributed by atoms with Crippen molar-refractivity contribution < 1.29 is 18.3 Å². The summed E-state index contributed by atoms with van der Waals surface area (Å²) in [4.78, 5) is 14.0. The molecule has 0 spiro atoms. The molecule has 2 rings (SSSR count). The van der Waals surface area contributed by atoms with E-state index < -0.39 is 16.0 Å². The number of aromatic amines is 1. The van der Waals surface area contributed by atoms with Crippen molar-refractivity contribution in [3.8, 4) is 0 Å². The monoisotopic (exact) mass is 314 g/mol. The largest absolute Gasteiger partial charge is 0.477 e. The lowest BCUT2D eigenvalue weighted by atomic mass is 10.2. The summed E-state index contributed by atoms with van der Waals surface area (Å²) < 4.78 is 27.4. The molecule has 6 nitrogen and oxygen atoms in total. The molecule has 1 saturated carbocycles. The number of rotatable bonds is 6. The molecule has 2 N–H and O–H groups in total. The van der Waals surface area contributed by atoms with Crippen LogP contribution in [0.25, 0.3) is 0 Å². The normalized spacial score (nSPS) is 15.9. The highest BCUT2D eigenvalue weighted by molar-refractivity contribution is 7.89. The van der Waals surface area contributed by atoms with Crippen LogP contribution in [0.4, 0.5) is 0 Å². The molecule has 0 saturated heterocycles. The van der Waals surface area contributed by atoms with Gasteiger partial charge in [-0.2, -0.15) is 4.31 Å². The average Bonchev–Trinajstić information content (AvgIpc) is 3.11. The van der Waals surface area contributed by atoms with Crippen molar-refractivity contribution in [2.45, 2.75) is 51.5 Å². The summed E-state index contributed by atoms with van der Waals surface area (Å²) in [5.74, 6) is -0.919. The van der Waals surface area contributed by atoms with E-state index in [9.17, 15) is 13.2 Å². The number of sulfonamides is 1. The predicted octanol–water partition coefficient (Wildman–Crippen LogP) is 2.14. The van der Waals surface area contributed by atoms with Crippen LogP contribution < -0.4 is 0 Å². The Balaban J connectivity index is 2.50. The summed E-state index contributed by atoms with van der Waals surface area (Å²) in [7, 11) is -3.67. The Morgan fingerprint density at radius 2 is 1.95 bits per heavy atom. The first-order valence-electron chi connectivity index (χ1n) is 7.10. The number of H-pyrrole nitrogens is 1. The van der Waals surface area contributed by atoms with Gasteiger partial charge in [-0.3, -0.25) is 0 Å². The molecule has 0 unspecified atom stereocenters. The van der Waals surface area contributed by atoms with Gasteiger partial charge in [-0.05, 0) is 32.6 Å². The Labute approximate surface area is 125 Å². The molecule has 0 bridgehead atoms. The Morgan fingerprint density at radius 3 is 2.33 bits per heavy atom. The lowest BCUT2D eigenvalue weighted by Crippen LogP contribution is -2.36. The van der Waals surface area contributed by atoms with Gasteiger partial charge in [0.25, 0.3) is 0 Å². The average molecular weight is 314 g/mol. The number of carboxylic acids is 1. The minimum atomic E-state index is -3.67. The Bertz CT molecular complexity index is 657. The standard InChI is InChI=1S/C14H22N2O4S/c1-8(2)7-16(11-5-6-11)21(19,20)13-9(3)12(14(17)18)15-10(13)4/h8,11,15H,5-7H2,1-4H3,(H,17,18). The van der Waals surface area contributed by atoms with Gasteiger partial charge in [-0.15, -0.1) is 0 Å². The number of carboxylic acid groups (broad SMARTS) is 1. The third-order valence-electron chi connectivity index (χ3n) is 3.65. The van der Waals surface area contributed by atoms with E-state index in [1.807, 2.05) is 13.8 Å². The Morgan fingerprint density at radius 1 is 1.38 bits per heavy atom. The molecule has 1 aliphatic carbocycles. The first-order valence-corrected chi connectivity index (χ1v) is 8.54. The molecule has 1 aromatic heterocycles. The van der Waals surface area contributed by atoms with Gasteiger partial charge in [0.2, 0.25) is 10.0 Å². The number of aryl methyl sites for hydroxylation is 1. The van der Waals surface area contributed by atoms with Crippen LogP contribution in [-0.4, -0.2) is 41.4 Å². The van der Waals surface area contributed by atoms with E-state index in [1.54, 1.807) is 13.8 Å². The van der Waals surface area contributed by atoms with Crippen molar-refractivity contribution in [1.82, 2.24) is 9.29 Å². The molecule has 0 radical (unpaired) electrons. The lowest BCUT2D eigenvalue weighted by Gasteiger charge is -2.24. The highest BCUT2D eigenvalue weighted by Crippen LogP contribution is 2.35. The molecule has 1 fully saturated rings. The van der Waals surface area contributed by atoms with Gasteiger partial charge in [0.05, 0.1) is 0 Å². The molecule has 0 amide bonds. The highest BCUT2D eigenvalue weighted by atomic mass is 32.2. The lowest BCUT2D eigenvalue weighted by molar-refractivity contribution is 0.0690. The van der Waals surface area contributed by atoms with E-state index in [0.717, 1.165) is 12.8 Å². The summed E-state index contributed by atoms with van der Waals surface area (Å²) in [6.45, 7) is 7.56. The maximum Gasteiger partial charge on any atom is 0.352 e. The van der Waals surface area contributed by atoms with Gasteiger partial charge in [-0.25, -0.2) is 13.2 Å². The third kappa shape index (κ3) is 2.98. The van der Waals surface area contributed by atoms with Crippen LogP contribution in [0, 0.1) is 19.8 Å². The Kier molecular flexibility index (Phi) is 4.17. The van der Waals surface area contributed by atoms with Gasteiger partial charge in [0.1, 0.15) is 10.6 Å². The van der Waals surface area contributed by atoms with Crippen molar-refractivity contribution in [2.24, 2.45) is 5.92 Å². The zero-order valence-electron chi connectivity index (χ0n) is 12.8. The zero-order chi connectivity index (χ0) is 15.9. The molecule has 118 valence electrons. The number of nitrogens with zero attached hydrogens (tertiary/aromatic N) is 1. The summed E-state index contributed by atoms with van der Waals surface area (Å²) in [6, 6.07) is 0.0550. The summed E-state index contributed by atoms with van der Waals surface area (Å²) in [6.07, 6.45) is 1.75. The maximum atomic E-state index is 12.9. The number of hydrogen-bond acceptors (Lipinski definition) is 3. The maximum absolute atomic E-state index is 12.9. The van der Waals surface area contributed by atoms with E-state index in [0.29, 0.717) is 12.2 Å². The SMILES string of the molecule is Cc1[nH]c(C(=O)O)c(C)c1S(=O)(=O)N(CC(C)C)C1CC1. The van der Waals surface area contributed by atoms with Gasteiger partial charge in [0, 0.05) is 23.8 Å². The molecule has 1 aromatic rings. The smallest absolute Gasteiger partial charge is 0.352 e. The number of aromatic carboxylic acids is 1. The summed E-state index contributed by atoms with van der Waals surface area (Å²) in [5, 5.41) is 9.14. The number of carbonyl (C=O) groups is 1. The fourth-order valence-corrected chi connectivity index (χ4v) is 4.88. The second-order valence-corrected chi connectivity index (χ2v) is 7.91. The quantitative estimate of drug-likeness (QED) is 0.841. The number of nitrogens with one attached hydrogen (secondary N) is 1. The van der Waals surface area contributed by atoms with Crippen LogP contribution in [0.5, 0.6) is 0 Å². The van der Waals surface area contributed by atoms with Crippen LogP contribution in [0.15, 0.2) is 4.90 Å². The van der Waals surface area contributed by atoms with E-state index in [4.69, 9.17) is 5.11 Å². The minimum absolute atomic E-state index is 0.0497. The van der Waals surface area contributed by atoms with E-state index in [1.165, 1.54) is 4.31 Å². The molecule has 21 heavy (non-hydrogen) atoms. The van der Waals surface area contributed by atoms with E-state index >= 15 is 0 Å². The molecule has 0 aromatic carbocycles. The number of hydrogen-bond donors (Lipinski definition) is 2. The molecular formula is C14H22N2O4S. The molecule has 0 atom stereocenters. The zero-order valence-corrected chi connectivity index (χ0v) is 13.6. The van der Waals surface area contributed by atoms with Crippen molar-refractivity contribution in [3.63, 3.8) is 0 Å². The predicted molar refractivity (Wildman–Crippen MR) is 79.0 cm³/mol. The van der Waals surface area contributed by atoms with Crippen LogP contribution in [0.3, 0.4) is 0 Å². The topological polar surface area (TPSA) is 90.5 Å². The minimum Gasteiger partial charge on any atom is -0.477 e. The Hall–Kier alpha value is -1.34. The van der Waals surface area contributed by atoms with Crippen molar-refractivity contribution >= 4 is 16.0 Å². The molecular weight excluding hydrogens is 292 g/mol. The molecule has 1 aliphatic rings. The van der Waals surface area contributed by atoms with Crippen molar-refractivity contribution in [3.05, 3.63) is 17.0 Å². The van der Waals surface area contributed by atoms with E-state index in [-0.39, 0.29) is 28.1 Å². The van der Waals surface area contributed by atoms with E-state index in [2.05, 4.69) is 4.98 Å². The second-order valence-electron chi connectivity index (χ2n) is 6.08. The summed E-state index contributed by atoms with van der Waals surface area (Å²) in [5.41, 5.74) is 0.625. The molecule has 0 aliphatic heterocycles. The first kappa shape index (κ1) is 16.0. The highest BCUT2D eigenvalue weighted by Gasteiger charge is 2.40. The van der Waals surface area contributed by atoms with Crippen LogP contribution >= 0.6 is 0 Å². The molecule has 1 heterocycles. The molecule has 7 heteroatoms. The van der Waals surface area contributed by atoms with Gasteiger partial charge in [-0.1, -0.05) is 13.8 Å². The fourth-order valence-electron chi connectivity index (χ4n) is 2.62. The van der Waals surface area contributed by atoms with Gasteiger partial charge in [0.15, 0.2) is 0 Å². The summed E-state index contributed by atoms with van der Waals surface area (Å²) >= 11 is 0. The number of aromatic nitrogens is 1. The van der Waals surface area contributed by atoms with Crippen LogP contribution in [-0.2, 0) is 10.0 Å². The van der Waals surface area contributed by atoms with Crippen molar-refractivity contribution in [1.29, 1.82) is 0 Å². The third-order valence-corrected chi connectivity index (χ3v) is 5.84. The van der Waals surface area contributed by atoms with Crippen LogP contribution in [0.1, 0.15) is 48.4 Å². The fraction of sp³-hybridized carbons (Fsp3) is 0.643. The van der Waals surface area contributed by atoms with Crippen LogP contribution in [0.2, 0.25) is 0 Å². The van der Waals surface area contributed by atoms with Crippen molar-refractivity contribution in [2.75, 3.05) is 6.54 Å². The van der Waals surface area contributed by atoms with Gasteiger partial charge < -0.3 is 10.1 Å². The van der Waals surface area contributed by atoms with Gasteiger partial charge >= 0.3 is 5.97 Å². The second kappa shape index (κ2) is 5.46.